The largest absolute Gasteiger partial charge is 0.460 e. The highest BCUT2D eigenvalue weighted by atomic mass is 16.7. The molecule has 0 radical (unpaired) electrons. The average Bonchev–Trinajstić information content (AvgIpc) is 2.57. The molecule has 0 aliphatic heterocycles. The molecule has 0 heterocycles. The quantitative estimate of drug-likeness (QED) is 0.389. The topological polar surface area (TPSA) is 83.1 Å². The van der Waals surface area contributed by atoms with E-state index < -0.39 is 11.7 Å². The van der Waals surface area contributed by atoms with Crippen LogP contribution in [0.5, 0.6) is 0 Å². The Kier molecular flexibility index (Phi) is 9.69. The molecule has 1 aromatic rings. The van der Waals surface area contributed by atoms with Gasteiger partial charge in [-0.25, -0.2) is 4.79 Å². The van der Waals surface area contributed by atoms with Crippen molar-refractivity contribution >= 4 is 12.1 Å². The predicted molar refractivity (Wildman–Crippen MR) is 96.5 cm³/mol. The number of nitrogens with one attached hydrogen (secondary N) is 1. The molecule has 0 aliphatic carbocycles. The summed E-state index contributed by atoms with van der Waals surface area (Å²) in [5, 5.41) is 2.71. The highest BCUT2D eigenvalue weighted by molar-refractivity contribution is 5.70. The minimum Gasteiger partial charge on any atom is -0.460 e. The molecule has 26 heavy (non-hydrogen) atoms. The number of amides is 1. The monoisotopic (exact) mass is 367 g/mol. The van der Waals surface area contributed by atoms with E-state index in [0.717, 1.165) is 5.56 Å². The summed E-state index contributed by atoms with van der Waals surface area (Å²) in [6, 6.07) is 8.99. The summed E-state index contributed by atoms with van der Waals surface area (Å²) in [7, 11) is 1.51. The van der Waals surface area contributed by atoms with Crippen LogP contribution >= 0.6 is 0 Å². The summed E-state index contributed by atoms with van der Waals surface area (Å²) in [5.41, 5.74) is 0.352. The molecule has 1 atom stereocenters. The number of carbonyl (C=O) groups excluding carboxylic acids is 2. The second kappa shape index (κ2) is 11.5. The number of hydrogen-bond donors (Lipinski definition) is 1. The van der Waals surface area contributed by atoms with Gasteiger partial charge >= 0.3 is 12.1 Å². The van der Waals surface area contributed by atoms with Crippen molar-refractivity contribution in [2.24, 2.45) is 0 Å². The van der Waals surface area contributed by atoms with Crippen molar-refractivity contribution in [3.05, 3.63) is 35.9 Å². The first kappa shape index (κ1) is 21.9. The SMILES string of the molecule is COCOC[C@@H](CCC(=O)OC(C)(C)C)NC(=O)OCc1ccccc1. The van der Waals surface area contributed by atoms with Crippen molar-refractivity contribution in [3.8, 4) is 0 Å². The van der Waals surface area contributed by atoms with E-state index >= 15 is 0 Å². The number of benzene rings is 1. The molecule has 0 bridgehead atoms. The number of alkyl carbamates (subject to hydrolysis) is 1. The van der Waals surface area contributed by atoms with Gasteiger partial charge in [0, 0.05) is 13.5 Å². The van der Waals surface area contributed by atoms with Crippen molar-refractivity contribution < 1.29 is 28.5 Å². The normalized spacial score (nSPS) is 12.3. The minimum absolute atomic E-state index is 0.101. The van der Waals surface area contributed by atoms with Gasteiger partial charge in [0.1, 0.15) is 19.0 Å². The summed E-state index contributed by atoms with van der Waals surface area (Å²) < 4.78 is 20.6. The average molecular weight is 367 g/mol. The van der Waals surface area contributed by atoms with Gasteiger partial charge in [-0.1, -0.05) is 30.3 Å². The molecule has 0 unspecified atom stereocenters. The zero-order valence-electron chi connectivity index (χ0n) is 15.9. The molecule has 1 rings (SSSR count). The van der Waals surface area contributed by atoms with Crippen LogP contribution in [0.4, 0.5) is 4.79 Å². The van der Waals surface area contributed by atoms with E-state index in [1.807, 2.05) is 51.1 Å². The Balaban J connectivity index is 2.45. The molecule has 1 aromatic carbocycles. The molecule has 0 aliphatic rings. The Morgan fingerprint density at radius 1 is 1.15 bits per heavy atom. The standard InChI is InChI=1S/C19H29NO6/c1-19(2,3)26-17(21)11-10-16(13-24-14-23-4)20-18(22)25-12-15-8-6-5-7-9-15/h5-9,16H,10-14H2,1-4H3,(H,20,22)/t16-/m1/s1. The molecule has 1 N–H and O–H groups in total. The van der Waals surface area contributed by atoms with Crippen LogP contribution in [0.15, 0.2) is 30.3 Å². The van der Waals surface area contributed by atoms with Gasteiger partial charge in [-0.05, 0) is 32.8 Å². The predicted octanol–water partition coefficient (Wildman–Crippen LogP) is 3.02. The van der Waals surface area contributed by atoms with Crippen molar-refractivity contribution in [1.82, 2.24) is 5.32 Å². The Labute approximate surface area is 155 Å². The molecule has 146 valence electrons. The number of rotatable bonds is 10. The molecule has 1 amide bonds. The van der Waals surface area contributed by atoms with E-state index in [2.05, 4.69) is 5.32 Å². The van der Waals surface area contributed by atoms with Crippen molar-refractivity contribution in [1.29, 1.82) is 0 Å². The number of ether oxygens (including phenoxy) is 4. The molecular formula is C19H29NO6. The lowest BCUT2D eigenvalue weighted by atomic mass is 10.1. The number of esters is 1. The van der Waals surface area contributed by atoms with Gasteiger partial charge in [0.15, 0.2) is 0 Å². The van der Waals surface area contributed by atoms with E-state index in [1.165, 1.54) is 7.11 Å². The van der Waals surface area contributed by atoms with Crippen LogP contribution in [-0.2, 0) is 30.3 Å². The van der Waals surface area contributed by atoms with E-state index in [9.17, 15) is 9.59 Å². The van der Waals surface area contributed by atoms with Gasteiger partial charge in [0.05, 0.1) is 12.6 Å². The first-order valence-corrected chi connectivity index (χ1v) is 8.56. The summed E-state index contributed by atoms with van der Waals surface area (Å²) in [4.78, 5) is 23.9. The highest BCUT2D eigenvalue weighted by Crippen LogP contribution is 2.10. The lowest BCUT2D eigenvalue weighted by Gasteiger charge is -2.21. The Hall–Kier alpha value is -2.12. The van der Waals surface area contributed by atoms with Crippen molar-refractivity contribution in [3.63, 3.8) is 0 Å². The second-order valence-electron chi connectivity index (χ2n) is 6.81. The molecule has 0 fully saturated rings. The van der Waals surface area contributed by atoms with Gasteiger partial charge < -0.3 is 24.3 Å². The first-order valence-electron chi connectivity index (χ1n) is 8.56. The van der Waals surface area contributed by atoms with E-state index in [0.29, 0.717) is 6.42 Å². The van der Waals surface area contributed by atoms with Crippen LogP contribution in [0, 0.1) is 0 Å². The Morgan fingerprint density at radius 2 is 1.85 bits per heavy atom. The lowest BCUT2D eigenvalue weighted by molar-refractivity contribution is -0.155. The summed E-state index contributed by atoms with van der Waals surface area (Å²) >= 11 is 0. The highest BCUT2D eigenvalue weighted by Gasteiger charge is 2.19. The maximum Gasteiger partial charge on any atom is 0.407 e. The molecule has 0 saturated heterocycles. The third-order valence-electron chi connectivity index (χ3n) is 3.17. The zero-order valence-corrected chi connectivity index (χ0v) is 15.9. The third-order valence-corrected chi connectivity index (χ3v) is 3.17. The minimum atomic E-state index is -0.566. The van der Waals surface area contributed by atoms with E-state index in [-0.39, 0.29) is 38.4 Å². The van der Waals surface area contributed by atoms with Crippen LogP contribution in [0.3, 0.4) is 0 Å². The smallest absolute Gasteiger partial charge is 0.407 e. The van der Waals surface area contributed by atoms with Gasteiger partial charge in [-0.2, -0.15) is 0 Å². The van der Waals surface area contributed by atoms with Crippen LogP contribution in [0.1, 0.15) is 39.2 Å². The van der Waals surface area contributed by atoms with E-state index in [4.69, 9.17) is 18.9 Å². The fourth-order valence-corrected chi connectivity index (χ4v) is 2.09. The Bertz CT molecular complexity index is 541. The van der Waals surface area contributed by atoms with Gasteiger partial charge in [-0.15, -0.1) is 0 Å². The molecular weight excluding hydrogens is 338 g/mol. The third kappa shape index (κ3) is 10.7. The molecule has 0 spiro atoms. The van der Waals surface area contributed by atoms with E-state index in [1.54, 1.807) is 0 Å². The van der Waals surface area contributed by atoms with Crippen molar-refractivity contribution in [2.45, 2.75) is 51.9 Å². The van der Waals surface area contributed by atoms with Gasteiger partial charge in [0.2, 0.25) is 0 Å². The first-order chi connectivity index (χ1) is 12.3. The van der Waals surface area contributed by atoms with Gasteiger partial charge in [-0.3, -0.25) is 4.79 Å². The lowest BCUT2D eigenvalue weighted by Crippen LogP contribution is -2.39. The number of carbonyl (C=O) groups is 2. The van der Waals surface area contributed by atoms with Crippen molar-refractivity contribution in [2.75, 3.05) is 20.5 Å². The molecule has 7 heteroatoms. The molecule has 7 nitrogen and oxygen atoms in total. The maximum atomic E-state index is 12.0. The molecule has 0 saturated carbocycles. The maximum absolute atomic E-state index is 12.0. The van der Waals surface area contributed by atoms with Crippen LogP contribution in [0.25, 0.3) is 0 Å². The van der Waals surface area contributed by atoms with Crippen LogP contribution in [-0.4, -0.2) is 44.2 Å². The zero-order chi connectivity index (χ0) is 19.4. The molecule has 0 aromatic heterocycles. The summed E-state index contributed by atoms with van der Waals surface area (Å²) in [6.07, 6.45) is -0.0277. The Morgan fingerprint density at radius 3 is 2.46 bits per heavy atom. The number of methoxy groups -OCH3 is 1. The summed E-state index contributed by atoms with van der Waals surface area (Å²) in [6.45, 7) is 5.90. The van der Waals surface area contributed by atoms with Gasteiger partial charge in [0.25, 0.3) is 0 Å². The fraction of sp³-hybridized carbons (Fsp3) is 0.579. The fourth-order valence-electron chi connectivity index (χ4n) is 2.09. The van der Waals surface area contributed by atoms with Crippen LogP contribution in [0.2, 0.25) is 0 Å². The van der Waals surface area contributed by atoms with Crippen LogP contribution < -0.4 is 5.32 Å². The number of hydrogen-bond acceptors (Lipinski definition) is 6. The second-order valence-corrected chi connectivity index (χ2v) is 6.81. The summed E-state index contributed by atoms with van der Waals surface area (Å²) in [5.74, 6) is -0.325.